The topological polar surface area (TPSA) is 27.7 Å². The van der Waals surface area contributed by atoms with Crippen molar-refractivity contribution in [3.8, 4) is 11.5 Å². The molecule has 3 nitrogen and oxygen atoms in total. The van der Waals surface area contributed by atoms with E-state index in [9.17, 15) is 0 Å². The lowest BCUT2D eigenvalue weighted by Gasteiger charge is -2.24. The highest BCUT2D eigenvalue weighted by atomic mass is 16.9. The molecule has 76 valence electrons. The first kappa shape index (κ1) is 9.34. The molecule has 0 saturated heterocycles. The first-order valence-corrected chi connectivity index (χ1v) is 4.82. The number of para-hydroxylation sites is 2. The first-order valence-electron chi connectivity index (χ1n) is 4.82. The number of benzene rings is 1. The number of methoxy groups -OCH3 is 1. The van der Waals surface area contributed by atoms with Crippen LogP contribution < -0.4 is 9.47 Å². The second-order valence-electron chi connectivity index (χ2n) is 3.29. The van der Waals surface area contributed by atoms with Crippen LogP contribution in [0.15, 0.2) is 24.3 Å². The van der Waals surface area contributed by atoms with Crippen LogP contribution in [0.1, 0.15) is 19.8 Å². The predicted octanol–water partition coefficient (Wildman–Crippen LogP) is 2.56. The first-order chi connectivity index (χ1) is 6.79. The van der Waals surface area contributed by atoms with Crippen molar-refractivity contribution in [1.29, 1.82) is 0 Å². The van der Waals surface area contributed by atoms with Crippen LogP contribution in [0.25, 0.3) is 0 Å². The van der Waals surface area contributed by atoms with Crippen LogP contribution in [0.3, 0.4) is 0 Å². The van der Waals surface area contributed by atoms with Crippen LogP contribution in [-0.2, 0) is 4.74 Å². The molecular formula is C11H14O3. The van der Waals surface area contributed by atoms with E-state index in [-0.39, 0.29) is 0 Å². The van der Waals surface area contributed by atoms with Gasteiger partial charge >= 0.3 is 5.97 Å². The summed E-state index contributed by atoms with van der Waals surface area (Å²) in [6.45, 7) is 2.07. The highest BCUT2D eigenvalue weighted by Gasteiger charge is 2.41. The van der Waals surface area contributed by atoms with Crippen LogP contribution in [0.4, 0.5) is 0 Å². The summed E-state index contributed by atoms with van der Waals surface area (Å²) in [5, 5.41) is 0. The summed E-state index contributed by atoms with van der Waals surface area (Å²) in [5.74, 6) is 0.601. The molecule has 0 aromatic heterocycles. The third kappa shape index (κ3) is 1.44. The number of hydrogen-bond donors (Lipinski definition) is 0. The molecule has 0 bridgehead atoms. The van der Waals surface area contributed by atoms with Gasteiger partial charge in [0.05, 0.1) is 6.42 Å². The Labute approximate surface area is 83.6 Å². The molecule has 0 amide bonds. The van der Waals surface area contributed by atoms with E-state index in [0.29, 0.717) is 0 Å². The molecule has 1 aliphatic heterocycles. The molecule has 0 spiro atoms. The van der Waals surface area contributed by atoms with E-state index in [4.69, 9.17) is 14.2 Å². The molecule has 1 heterocycles. The largest absolute Gasteiger partial charge is 0.426 e. The third-order valence-electron chi connectivity index (χ3n) is 2.25. The standard InChI is InChI=1S/C11H14O3/c1-3-8-11(12-2)13-9-6-4-5-7-10(9)14-11/h4-7H,3,8H2,1-2H3. The molecule has 14 heavy (non-hydrogen) atoms. The van der Waals surface area contributed by atoms with E-state index in [1.165, 1.54) is 0 Å². The third-order valence-corrected chi connectivity index (χ3v) is 2.25. The SMILES string of the molecule is CCCC1(OC)Oc2ccccc2O1. The molecule has 0 fully saturated rings. The van der Waals surface area contributed by atoms with E-state index >= 15 is 0 Å². The summed E-state index contributed by atoms with van der Waals surface area (Å²) in [6.07, 6.45) is 1.67. The predicted molar refractivity (Wildman–Crippen MR) is 52.3 cm³/mol. The Hall–Kier alpha value is -1.22. The molecule has 0 unspecified atom stereocenters. The van der Waals surface area contributed by atoms with Gasteiger partial charge < -0.3 is 14.2 Å². The maximum Gasteiger partial charge on any atom is 0.371 e. The molecule has 1 aromatic rings. The molecule has 3 heteroatoms. The zero-order chi connectivity index (χ0) is 10.0. The number of hydrogen-bond acceptors (Lipinski definition) is 3. The van der Waals surface area contributed by atoms with E-state index in [1.54, 1.807) is 7.11 Å². The van der Waals surface area contributed by atoms with Gasteiger partial charge in [-0.05, 0) is 18.6 Å². The monoisotopic (exact) mass is 194 g/mol. The fourth-order valence-corrected chi connectivity index (χ4v) is 1.57. The average molecular weight is 194 g/mol. The molecule has 0 saturated carbocycles. The fourth-order valence-electron chi connectivity index (χ4n) is 1.57. The van der Waals surface area contributed by atoms with Gasteiger partial charge in [0.25, 0.3) is 0 Å². The zero-order valence-electron chi connectivity index (χ0n) is 8.45. The van der Waals surface area contributed by atoms with E-state index in [2.05, 4.69) is 6.92 Å². The quantitative estimate of drug-likeness (QED) is 0.740. The van der Waals surface area contributed by atoms with Crippen molar-refractivity contribution >= 4 is 0 Å². The highest BCUT2D eigenvalue weighted by Crippen LogP contribution is 2.40. The maximum atomic E-state index is 5.64. The van der Waals surface area contributed by atoms with Crippen molar-refractivity contribution in [1.82, 2.24) is 0 Å². The van der Waals surface area contributed by atoms with E-state index in [1.807, 2.05) is 24.3 Å². The smallest absolute Gasteiger partial charge is 0.371 e. The molecule has 1 aliphatic rings. The van der Waals surface area contributed by atoms with Crippen LogP contribution in [0, 0.1) is 0 Å². The van der Waals surface area contributed by atoms with Gasteiger partial charge in [0, 0.05) is 7.11 Å². The average Bonchev–Trinajstić information content (AvgIpc) is 2.57. The van der Waals surface area contributed by atoms with Crippen LogP contribution >= 0.6 is 0 Å². The maximum absolute atomic E-state index is 5.64. The zero-order valence-corrected chi connectivity index (χ0v) is 8.45. The van der Waals surface area contributed by atoms with Crippen LogP contribution in [-0.4, -0.2) is 13.1 Å². The van der Waals surface area contributed by atoms with Gasteiger partial charge in [-0.25, -0.2) is 0 Å². The van der Waals surface area contributed by atoms with Crippen LogP contribution in [0.2, 0.25) is 0 Å². The molecule has 2 rings (SSSR count). The molecule has 0 atom stereocenters. The molecular weight excluding hydrogens is 180 g/mol. The van der Waals surface area contributed by atoms with Crippen molar-refractivity contribution < 1.29 is 14.2 Å². The van der Waals surface area contributed by atoms with Crippen molar-refractivity contribution in [3.05, 3.63) is 24.3 Å². The fraction of sp³-hybridized carbons (Fsp3) is 0.455. The van der Waals surface area contributed by atoms with Crippen molar-refractivity contribution in [3.63, 3.8) is 0 Å². The van der Waals surface area contributed by atoms with Crippen molar-refractivity contribution in [2.24, 2.45) is 0 Å². The Balaban J connectivity index is 2.23. The summed E-state index contributed by atoms with van der Waals surface area (Å²) in [4.78, 5) is 0. The summed E-state index contributed by atoms with van der Waals surface area (Å²) >= 11 is 0. The molecule has 1 aromatic carbocycles. The van der Waals surface area contributed by atoms with E-state index < -0.39 is 5.97 Å². The van der Waals surface area contributed by atoms with Crippen LogP contribution in [0.5, 0.6) is 11.5 Å². The Morgan fingerprint density at radius 1 is 1.21 bits per heavy atom. The summed E-state index contributed by atoms with van der Waals surface area (Å²) < 4.78 is 16.6. The Bertz CT molecular complexity index is 297. The Morgan fingerprint density at radius 3 is 2.21 bits per heavy atom. The normalized spacial score (nSPS) is 17.0. The van der Waals surface area contributed by atoms with Crippen molar-refractivity contribution in [2.45, 2.75) is 25.7 Å². The lowest BCUT2D eigenvalue weighted by atomic mass is 10.3. The lowest BCUT2D eigenvalue weighted by Crippen LogP contribution is -2.40. The van der Waals surface area contributed by atoms with Gasteiger partial charge in [-0.1, -0.05) is 19.1 Å². The highest BCUT2D eigenvalue weighted by molar-refractivity contribution is 5.42. The van der Waals surface area contributed by atoms with Gasteiger partial charge in [0.15, 0.2) is 11.5 Å². The van der Waals surface area contributed by atoms with Gasteiger partial charge in [-0.15, -0.1) is 0 Å². The minimum atomic E-state index is -0.904. The summed E-state index contributed by atoms with van der Waals surface area (Å²) in [6, 6.07) is 7.59. The number of fused-ring (bicyclic) bond motifs is 1. The van der Waals surface area contributed by atoms with Gasteiger partial charge in [0.2, 0.25) is 0 Å². The van der Waals surface area contributed by atoms with Gasteiger partial charge in [0.1, 0.15) is 0 Å². The number of ether oxygens (including phenoxy) is 3. The minimum absolute atomic E-state index is 0.720. The second-order valence-corrected chi connectivity index (χ2v) is 3.29. The van der Waals surface area contributed by atoms with E-state index in [0.717, 1.165) is 24.3 Å². The summed E-state index contributed by atoms with van der Waals surface area (Å²) in [5.41, 5.74) is 0. The second kappa shape index (κ2) is 3.50. The Morgan fingerprint density at radius 2 is 1.79 bits per heavy atom. The number of rotatable bonds is 3. The van der Waals surface area contributed by atoms with Gasteiger partial charge in [-0.3, -0.25) is 0 Å². The molecule has 0 N–H and O–H groups in total. The molecule has 0 aliphatic carbocycles. The minimum Gasteiger partial charge on any atom is -0.426 e. The van der Waals surface area contributed by atoms with Crippen molar-refractivity contribution in [2.75, 3.05) is 7.11 Å². The Kier molecular flexibility index (Phi) is 2.33. The summed E-state index contributed by atoms with van der Waals surface area (Å²) in [7, 11) is 1.60. The molecule has 0 radical (unpaired) electrons. The lowest BCUT2D eigenvalue weighted by molar-refractivity contribution is -0.271. The van der Waals surface area contributed by atoms with Gasteiger partial charge in [-0.2, -0.15) is 0 Å².